The molecule has 0 atom stereocenters. The lowest BCUT2D eigenvalue weighted by Gasteiger charge is -2.34. The molecule has 3 rings (SSSR count). The van der Waals surface area contributed by atoms with E-state index in [4.69, 9.17) is 0 Å². The third-order valence-corrected chi connectivity index (χ3v) is 5.14. The first-order valence-corrected chi connectivity index (χ1v) is 8.62. The third-order valence-electron chi connectivity index (χ3n) is 5.14. The van der Waals surface area contributed by atoms with Crippen molar-refractivity contribution < 1.29 is 4.79 Å². The van der Waals surface area contributed by atoms with Crippen molar-refractivity contribution in [2.75, 3.05) is 19.6 Å². The molecule has 1 aliphatic rings. The van der Waals surface area contributed by atoms with Crippen molar-refractivity contribution in [1.29, 1.82) is 0 Å². The second kappa shape index (κ2) is 6.81. The van der Waals surface area contributed by atoms with Crippen LogP contribution in [0.15, 0.2) is 29.1 Å². The van der Waals surface area contributed by atoms with Gasteiger partial charge in [-0.05, 0) is 43.5 Å². The predicted molar refractivity (Wildman–Crippen MR) is 95.0 cm³/mol. The van der Waals surface area contributed by atoms with Crippen LogP contribution < -0.4 is 16.3 Å². The van der Waals surface area contributed by atoms with Gasteiger partial charge >= 0.3 is 5.69 Å². The van der Waals surface area contributed by atoms with E-state index in [1.165, 1.54) is 0 Å². The number of nitrogens with zero attached hydrogens (tertiary/aromatic N) is 2. The van der Waals surface area contributed by atoms with E-state index in [0.717, 1.165) is 37.0 Å². The predicted octanol–water partition coefficient (Wildman–Crippen LogP) is 1.24. The number of carbonyl (C=O) groups excluding carboxylic acids is 1. The highest BCUT2D eigenvalue weighted by Crippen LogP contribution is 2.26. The maximum atomic E-state index is 12.3. The van der Waals surface area contributed by atoms with E-state index in [9.17, 15) is 9.59 Å². The molecule has 0 saturated carbocycles. The van der Waals surface area contributed by atoms with E-state index >= 15 is 0 Å². The maximum absolute atomic E-state index is 12.3. The molecular formula is C18H26N4O2. The molecule has 2 N–H and O–H groups in total. The van der Waals surface area contributed by atoms with E-state index in [1.54, 1.807) is 16.2 Å². The van der Waals surface area contributed by atoms with Crippen LogP contribution in [0.4, 0.5) is 0 Å². The van der Waals surface area contributed by atoms with Crippen LogP contribution in [0.3, 0.4) is 0 Å². The minimum atomic E-state index is -0.0747. The van der Waals surface area contributed by atoms with Gasteiger partial charge in [-0.25, -0.2) is 4.79 Å². The molecule has 1 aromatic carbocycles. The van der Waals surface area contributed by atoms with Gasteiger partial charge < -0.3 is 10.6 Å². The summed E-state index contributed by atoms with van der Waals surface area (Å²) in [5, 5.41) is 6.40. The summed E-state index contributed by atoms with van der Waals surface area (Å²) in [5.41, 5.74) is 1.87. The van der Waals surface area contributed by atoms with Gasteiger partial charge in [0.25, 0.3) is 0 Å². The number of fused-ring (bicyclic) bond motifs is 1. The van der Waals surface area contributed by atoms with Crippen LogP contribution in [0.1, 0.15) is 26.2 Å². The fraction of sp³-hybridized carbons (Fsp3) is 0.556. The number of nitrogens with one attached hydrogen (secondary N) is 2. The van der Waals surface area contributed by atoms with Crippen LogP contribution in [0, 0.1) is 5.41 Å². The van der Waals surface area contributed by atoms with Crippen molar-refractivity contribution >= 4 is 16.9 Å². The molecule has 130 valence electrons. The average molecular weight is 330 g/mol. The lowest BCUT2D eigenvalue weighted by Crippen LogP contribution is -2.43. The van der Waals surface area contributed by atoms with E-state index < -0.39 is 0 Å². The van der Waals surface area contributed by atoms with Crippen molar-refractivity contribution in [3.05, 3.63) is 34.7 Å². The summed E-state index contributed by atoms with van der Waals surface area (Å²) < 4.78 is 3.31. The van der Waals surface area contributed by atoms with Gasteiger partial charge in [-0.3, -0.25) is 13.9 Å². The molecule has 1 fully saturated rings. The Labute approximate surface area is 141 Å². The minimum absolute atomic E-state index is 0.00888. The fourth-order valence-corrected chi connectivity index (χ4v) is 3.40. The molecule has 1 saturated heterocycles. The Kier molecular flexibility index (Phi) is 4.76. The highest BCUT2D eigenvalue weighted by molar-refractivity contribution is 5.77. The Morgan fingerprint density at radius 1 is 1.25 bits per heavy atom. The number of benzene rings is 1. The Morgan fingerprint density at radius 2 is 1.92 bits per heavy atom. The monoisotopic (exact) mass is 330 g/mol. The number of carbonyl (C=O) groups is 1. The topological polar surface area (TPSA) is 68.1 Å². The standard InChI is InChI=1S/C18H26N4O2/c1-18(8-10-19-11-9-18)13-20-16(23)7-12-22-15-6-4-3-5-14(15)21(2)17(22)24/h3-6,19H,7-13H2,1-2H3,(H,20,23). The molecule has 6 heteroatoms. The van der Waals surface area contributed by atoms with Crippen LogP contribution in [0.5, 0.6) is 0 Å². The van der Waals surface area contributed by atoms with Crippen molar-refractivity contribution in [3.8, 4) is 0 Å². The number of hydrogen-bond acceptors (Lipinski definition) is 3. The van der Waals surface area contributed by atoms with E-state index in [0.29, 0.717) is 19.5 Å². The van der Waals surface area contributed by atoms with Crippen LogP contribution in [0.25, 0.3) is 11.0 Å². The lowest BCUT2D eigenvalue weighted by molar-refractivity contribution is -0.121. The van der Waals surface area contributed by atoms with Crippen LogP contribution in [0.2, 0.25) is 0 Å². The highest BCUT2D eigenvalue weighted by atomic mass is 16.2. The fourth-order valence-electron chi connectivity index (χ4n) is 3.40. The normalized spacial score (nSPS) is 17.1. The maximum Gasteiger partial charge on any atom is 0.328 e. The second-order valence-corrected chi connectivity index (χ2v) is 7.07. The van der Waals surface area contributed by atoms with Crippen LogP contribution >= 0.6 is 0 Å². The molecule has 24 heavy (non-hydrogen) atoms. The molecule has 1 aromatic heterocycles. The molecule has 0 aliphatic carbocycles. The first-order chi connectivity index (χ1) is 11.5. The first-order valence-electron chi connectivity index (χ1n) is 8.62. The number of aryl methyl sites for hydroxylation is 2. The van der Waals surface area contributed by atoms with Crippen molar-refractivity contribution in [2.24, 2.45) is 12.5 Å². The summed E-state index contributed by atoms with van der Waals surface area (Å²) in [7, 11) is 1.76. The van der Waals surface area contributed by atoms with E-state index in [-0.39, 0.29) is 17.0 Å². The zero-order valence-electron chi connectivity index (χ0n) is 14.5. The zero-order chi connectivity index (χ0) is 17.2. The van der Waals surface area contributed by atoms with Crippen molar-refractivity contribution in [1.82, 2.24) is 19.8 Å². The van der Waals surface area contributed by atoms with Crippen LogP contribution in [-0.2, 0) is 18.4 Å². The third kappa shape index (κ3) is 3.38. The molecule has 0 bridgehead atoms. The summed E-state index contributed by atoms with van der Waals surface area (Å²) in [6.07, 6.45) is 2.48. The van der Waals surface area contributed by atoms with Crippen molar-refractivity contribution in [2.45, 2.75) is 32.7 Å². The number of rotatable bonds is 5. The Bertz CT molecular complexity index is 784. The number of piperidine rings is 1. The second-order valence-electron chi connectivity index (χ2n) is 7.07. The molecular weight excluding hydrogens is 304 g/mol. The van der Waals surface area contributed by atoms with Gasteiger partial charge in [0.2, 0.25) is 5.91 Å². The largest absolute Gasteiger partial charge is 0.355 e. The summed E-state index contributed by atoms with van der Waals surface area (Å²) in [6.45, 7) is 5.36. The number of aromatic nitrogens is 2. The Hall–Kier alpha value is -2.08. The quantitative estimate of drug-likeness (QED) is 0.867. The molecule has 0 spiro atoms. The van der Waals surface area contributed by atoms with Gasteiger partial charge in [-0.1, -0.05) is 19.1 Å². The molecule has 0 unspecified atom stereocenters. The molecule has 1 aliphatic heterocycles. The SMILES string of the molecule is Cn1c(=O)n(CCC(=O)NCC2(C)CCNCC2)c2ccccc21. The van der Waals surface area contributed by atoms with Gasteiger partial charge in [0.15, 0.2) is 0 Å². The molecule has 6 nitrogen and oxygen atoms in total. The number of para-hydroxylation sites is 2. The molecule has 2 aromatic rings. The number of imidazole rings is 1. The van der Waals surface area contributed by atoms with Gasteiger partial charge in [0, 0.05) is 26.6 Å². The summed E-state index contributed by atoms with van der Waals surface area (Å²) in [4.78, 5) is 24.6. The smallest absolute Gasteiger partial charge is 0.328 e. The molecule has 2 heterocycles. The summed E-state index contributed by atoms with van der Waals surface area (Å²) >= 11 is 0. The summed E-state index contributed by atoms with van der Waals surface area (Å²) in [6, 6.07) is 7.67. The zero-order valence-corrected chi connectivity index (χ0v) is 14.5. The van der Waals surface area contributed by atoms with Gasteiger partial charge in [-0.2, -0.15) is 0 Å². The number of amides is 1. The van der Waals surface area contributed by atoms with Gasteiger partial charge in [0.05, 0.1) is 11.0 Å². The Balaban J connectivity index is 1.61. The van der Waals surface area contributed by atoms with Crippen LogP contribution in [-0.4, -0.2) is 34.7 Å². The lowest BCUT2D eigenvalue weighted by atomic mass is 9.81. The highest BCUT2D eigenvalue weighted by Gasteiger charge is 2.26. The minimum Gasteiger partial charge on any atom is -0.355 e. The molecule has 1 amide bonds. The van der Waals surface area contributed by atoms with E-state index in [2.05, 4.69) is 17.6 Å². The Morgan fingerprint density at radius 3 is 2.62 bits per heavy atom. The van der Waals surface area contributed by atoms with E-state index in [1.807, 2.05) is 24.3 Å². The van der Waals surface area contributed by atoms with Gasteiger partial charge in [-0.15, -0.1) is 0 Å². The summed E-state index contributed by atoms with van der Waals surface area (Å²) in [5.74, 6) is 0.00888. The first kappa shape index (κ1) is 16.8. The average Bonchev–Trinajstić information content (AvgIpc) is 2.83. The number of hydrogen-bond donors (Lipinski definition) is 2. The van der Waals surface area contributed by atoms with Crippen molar-refractivity contribution in [3.63, 3.8) is 0 Å². The molecule has 0 radical (unpaired) electrons. The van der Waals surface area contributed by atoms with Gasteiger partial charge in [0.1, 0.15) is 0 Å².